The maximum absolute atomic E-state index is 13.3. The molecule has 0 unspecified atom stereocenters. The molecule has 3 aromatic carbocycles. The summed E-state index contributed by atoms with van der Waals surface area (Å²) in [6, 6.07) is 20.6. The number of aromatic nitrogens is 2. The molecule has 0 aliphatic heterocycles. The van der Waals surface area contributed by atoms with E-state index in [-0.39, 0.29) is 16.6 Å². The van der Waals surface area contributed by atoms with Crippen LogP contribution < -0.4 is 9.29 Å². The lowest BCUT2D eigenvalue weighted by Crippen LogP contribution is -2.44. The topological polar surface area (TPSA) is 82.9 Å². The molecule has 1 aromatic heterocycles. The summed E-state index contributed by atoms with van der Waals surface area (Å²) in [5.41, 5.74) is 1.59. The van der Waals surface area contributed by atoms with E-state index in [1.165, 1.54) is 40.4 Å². The van der Waals surface area contributed by atoms with Gasteiger partial charge in [-0.15, -0.1) is 3.97 Å². The fourth-order valence-electron chi connectivity index (χ4n) is 2.93. The number of amides is 1. The van der Waals surface area contributed by atoms with Crippen molar-refractivity contribution in [3.05, 3.63) is 84.7 Å². The van der Waals surface area contributed by atoms with Gasteiger partial charge in [-0.25, -0.2) is 9.37 Å². The number of hydrogen-bond acceptors (Lipinski definition) is 4. The lowest BCUT2D eigenvalue weighted by atomic mass is 10.3. The molecule has 0 aliphatic rings. The number of nitrogens with zero attached hydrogens (tertiary/aromatic N) is 1. The SMILES string of the molecule is O=C(CSc1[nH]c2ccccc2[n+]1S(=O)(=O)c1ccccc1)Nc1ccc(F)cc1. The van der Waals surface area contributed by atoms with Crippen molar-refractivity contribution < 1.29 is 21.6 Å². The number of H-pyrrole nitrogens is 1. The zero-order valence-corrected chi connectivity index (χ0v) is 17.2. The smallest absolute Gasteiger partial charge is 0.325 e. The average molecular weight is 443 g/mol. The van der Waals surface area contributed by atoms with Gasteiger partial charge in [-0.1, -0.05) is 30.3 Å². The molecule has 0 aliphatic carbocycles. The van der Waals surface area contributed by atoms with E-state index in [1.807, 2.05) is 0 Å². The monoisotopic (exact) mass is 442 g/mol. The van der Waals surface area contributed by atoms with Crippen molar-refractivity contribution in [1.29, 1.82) is 0 Å². The second-order valence-corrected chi connectivity index (χ2v) is 9.12. The maximum atomic E-state index is 13.3. The fraction of sp³-hybridized carbons (Fsp3) is 0.0476. The zero-order chi connectivity index (χ0) is 21.1. The Bertz CT molecular complexity index is 1300. The van der Waals surface area contributed by atoms with Crippen LogP contribution in [0.1, 0.15) is 0 Å². The number of hydrogen-bond donors (Lipinski definition) is 2. The third-order valence-corrected chi connectivity index (χ3v) is 7.11. The summed E-state index contributed by atoms with van der Waals surface area (Å²) in [5, 5.41) is 2.98. The van der Waals surface area contributed by atoms with Crippen LogP contribution in [-0.2, 0) is 14.8 Å². The van der Waals surface area contributed by atoms with Gasteiger partial charge in [0.25, 0.3) is 0 Å². The summed E-state index contributed by atoms with van der Waals surface area (Å²) in [6.07, 6.45) is 0. The maximum Gasteiger partial charge on any atom is 0.336 e. The summed E-state index contributed by atoms with van der Waals surface area (Å²) >= 11 is 1.07. The highest BCUT2D eigenvalue weighted by Gasteiger charge is 2.31. The lowest BCUT2D eigenvalue weighted by molar-refractivity contribution is -0.526. The molecule has 0 saturated heterocycles. The largest absolute Gasteiger partial charge is 0.336 e. The Labute approximate surface area is 176 Å². The molecule has 0 fully saturated rings. The number of rotatable bonds is 6. The van der Waals surface area contributed by atoms with Crippen molar-refractivity contribution in [2.24, 2.45) is 0 Å². The molecule has 4 rings (SSSR count). The van der Waals surface area contributed by atoms with Crippen molar-refractivity contribution in [3.8, 4) is 0 Å². The Morgan fingerprint density at radius 2 is 1.63 bits per heavy atom. The highest BCUT2D eigenvalue weighted by atomic mass is 32.2. The van der Waals surface area contributed by atoms with E-state index < -0.39 is 15.8 Å². The molecule has 9 heteroatoms. The fourth-order valence-corrected chi connectivity index (χ4v) is 5.51. The number of halogens is 1. The number of imidazole rings is 1. The molecular formula is C21H17FN3O3S2+. The predicted molar refractivity (Wildman–Crippen MR) is 113 cm³/mol. The third kappa shape index (κ3) is 4.07. The van der Waals surface area contributed by atoms with Gasteiger partial charge in [0.1, 0.15) is 10.7 Å². The van der Waals surface area contributed by atoms with E-state index in [4.69, 9.17) is 0 Å². The minimum absolute atomic E-state index is 0.0332. The van der Waals surface area contributed by atoms with Crippen LogP contribution in [-0.4, -0.2) is 25.1 Å². The number of thioether (sulfide) groups is 1. The molecular weight excluding hydrogens is 425 g/mol. The lowest BCUT2D eigenvalue weighted by Gasteiger charge is -2.05. The summed E-state index contributed by atoms with van der Waals surface area (Å²) in [6.45, 7) is 0. The summed E-state index contributed by atoms with van der Waals surface area (Å²) in [5.74, 6) is -0.768. The second-order valence-electron chi connectivity index (χ2n) is 6.37. The van der Waals surface area contributed by atoms with E-state index in [0.29, 0.717) is 21.9 Å². The first-order valence-electron chi connectivity index (χ1n) is 8.97. The number of carbonyl (C=O) groups excluding carboxylic acids is 1. The van der Waals surface area contributed by atoms with E-state index in [2.05, 4.69) is 10.3 Å². The highest BCUT2D eigenvalue weighted by molar-refractivity contribution is 8.00. The Morgan fingerprint density at radius 3 is 2.37 bits per heavy atom. The van der Waals surface area contributed by atoms with Crippen LogP contribution in [0.15, 0.2) is 88.9 Å². The standard InChI is InChI=1S/C21H16FN3O3S2/c22-15-10-12-16(13-11-15)23-20(26)14-29-21-24-18-8-4-5-9-19(18)25(21)30(27,28)17-6-2-1-3-7-17/h1-13H,14H2,(H,23,26)/p+1. The van der Waals surface area contributed by atoms with E-state index in [1.54, 1.807) is 42.5 Å². The number of para-hydroxylation sites is 2. The summed E-state index contributed by atoms with van der Waals surface area (Å²) < 4.78 is 40.8. The predicted octanol–water partition coefficient (Wildman–Crippen LogP) is 3.56. The molecule has 0 spiro atoms. The van der Waals surface area contributed by atoms with Crippen LogP contribution in [0.3, 0.4) is 0 Å². The van der Waals surface area contributed by atoms with Gasteiger partial charge in [0.05, 0.1) is 5.75 Å². The highest BCUT2D eigenvalue weighted by Crippen LogP contribution is 2.22. The Hall–Kier alpha value is -3.17. The molecule has 30 heavy (non-hydrogen) atoms. The molecule has 1 amide bonds. The van der Waals surface area contributed by atoms with Crippen molar-refractivity contribution in [1.82, 2.24) is 4.98 Å². The van der Waals surface area contributed by atoms with Gasteiger partial charge >= 0.3 is 15.2 Å². The van der Waals surface area contributed by atoms with Crippen molar-refractivity contribution >= 4 is 44.4 Å². The van der Waals surface area contributed by atoms with Crippen molar-refractivity contribution in [2.45, 2.75) is 10.1 Å². The number of nitrogens with one attached hydrogen (secondary N) is 2. The molecule has 152 valence electrons. The minimum Gasteiger partial charge on any atom is -0.325 e. The van der Waals surface area contributed by atoms with Crippen molar-refractivity contribution in [2.75, 3.05) is 11.1 Å². The molecule has 0 bridgehead atoms. The second kappa shape index (κ2) is 8.29. The first-order chi connectivity index (χ1) is 14.4. The molecule has 6 nitrogen and oxygen atoms in total. The van der Waals surface area contributed by atoms with Crippen LogP contribution in [0.4, 0.5) is 10.1 Å². The molecule has 0 saturated carbocycles. The van der Waals surface area contributed by atoms with Gasteiger partial charge < -0.3 is 5.32 Å². The Balaban J connectivity index is 1.64. The van der Waals surface area contributed by atoms with Crippen LogP contribution in [0.25, 0.3) is 11.0 Å². The Morgan fingerprint density at radius 1 is 0.967 bits per heavy atom. The average Bonchev–Trinajstić information content (AvgIpc) is 3.14. The van der Waals surface area contributed by atoms with Crippen LogP contribution in [0.2, 0.25) is 0 Å². The van der Waals surface area contributed by atoms with Gasteiger partial charge in [0, 0.05) is 5.69 Å². The van der Waals surface area contributed by atoms with Gasteiger partial charge in [0.15, 0.2) is 11.0 Å². The van der Waals surface area contributed by atoms with Gasteiger partial charge in [-0.3, -0.25) is 4.79 Å². The number of fused-ring (bicyclic) bond motifs is 1. The molecule has 0 radical (unpaired) electrons. The number of aromatic amines is 1. The van der Waals surface area contributed by atoms with Gasteiger partial charge in [0.2, 0.25) is 5.91 Å². The first-order valence-corrected chi connectivity index (χ1v) is 11.4. The van der Waals surface area contributed by atoms with E-state index >= 15 is 0 Å². The van der Waals surface area contributed by atoms with Gasteiger partial charge in [-0.05, 0) is 60.3 Å². The summed E-state index contributed by atoms with van der Waals surface area (Å²) in [7, 11) is -3.87. The van der Waals surface area contributed by atoms with Crippen LogP contribution in [0.5, 0.6) is 0 Å². The number of carbonyl (C=O) groups is 1. The van der Waals surface area contributed by atoms with Crippen LogP contribution in [0, 0.1) is 5.82 Å². The van der Waals surface area contributed by atoms with Crippen molar-refractivity contribution in [3.63, 3.8) is 0 Å². The molecule has 0 atom stereocenters. The minimum atomic E-state index is -3.87. The third-order valence-electron chi connectivity index (χ3n) is 4.30. The first kappa shape index (κ1) is 20.1. The van der Waals surface area contributed by atoms with E-state index in [9.17, 15) is 17.6 Å². The normalized spacial score (nSPS) is 11.5. The Kier molecular flexibility index (Phi) is 5.56. The van der Waals surface area contributed by atoms with Gasteiger partial charge in [-0.2, -0.15) is 8.42 Å². The zero-order valence-electron chi connectivity index (χ0n) is 15.6. The van der Waals surface area contributed by atoms with E-state index in [0.717, 1.165) is 11.8 Å². The number of benzene rings is 3. The summed E-state index contributed by atoms with van der Waals surface area (Å²) in [4.78, 5) is 15.6. The molecule has 2 N–H and O–H groups in total. The molecule has 1 heterocycles. The number of anilines is 1. The van der Waals surface area contributed by atoms with Crippen LogP contribution >= 0.6 is 11.8 Å². The quantitative estimate of drug-likeness (QED) is 0.353. The molecule has 4 aromatic rings.